The fraction of sp³-hybridized carbons (Fsp3) is 0.440. The molecule has 1 aliphatic rings. The van der Waals surface area contributed by atoms with Gasteiger partial charge in [0.15, 0.2) is 5.96 Å². The summed E-state index contributed by atoms with van der Waals surface area (Å²) in [5.74, 6) is 1.53. The molecule has 0 radical (unpaired) electrons. The summed E-state index contributed by atoms with van der Waals surface area (Å²) < 4.78 is 11.8. The van der Waals surface area contributed by atoms with E-state index >= 15 is 0 Å². The predicted molar refractivity (Wildman–Crippen MR) is 127 cm³/mol. The number of hydrogen-bond acceptors (Lipinski definition) is 4. The van der Waals surface area contributed by atoms with Gasteiger partial charge in [0.05, 0.1) is 6.10 Å². The lowest BCUT2D eigenvalue weighted by molar-refractivity contribution is 0.0676. The summed E-state index contributed by atoms with van der Waals surface area (Å²) in [6, 6.07) is 13.9. The van der Waals surface area contributed by atoms with Crippen LogP contribution in [0.1, 0.15) is 39.9 Å². The van der Waals surface area contributed by atoms with Crippen LogP contribution < -0.4 is 20.7 Å². The van der Waals surface area contributed by atoms with E-state index in [2.05, 4.69) is 46.1 Å². The van der Waals surface area contributed by atoms with E-state index in [9.17, 15) is 4.79 Å². The molecule has 32 heavy (non-hydrogen) atoms. The van der Waals surface area contributed by atoms with Gasteiger partial charge in [-0.05, 0) is 55.5 Å². The predicted octanol–water partition coefficient (Wildman–Crippen LogP) is 2.82. The average molecular weight is 439 g/mol. The molecule has 0 bridgehead atoms. The van der Waals surface area contributed by atoms with Crippen molar-refractivity contribution in [1.29, 1.82) is 0 Å². The first-order valence-corrected chi connectivity index (χ1v) is 11.2. The highest BCUT2D eigenvalue weighted by Gasteiger charge is 2.17. The monoisotopic (exact) mass is 438 g/mol. The Morgan fingerprint density at radius 1 is 1.22 bits per heavy atom. The van der Waals surface area contributed by atoms with E-state index in [4.69, 9.17) is 9.47 Å². The van der Waals surface area contributed by atoms with Crippen molar-refractivity contribution < 1.29 is 14.3 Å². The first-order valence-electron chi connectivity index (χ1n) is 11.2. The highest BCUT2D eigenvalue weighted by molar-refractivity contribution is 5.94. The minimum Gasteiger partial charge on any atom is -0.491 e. The van der Waals surface area contributed by atoms with Gasteiger partial charge >= 0.3 is 0 Å². The summed E-state index contributed by atoms with van der Waals surface area (Å²) in [4.78, 5) is 16.1. The summed E-state index contributed by atoms with van der Waals surface area (Å²) in [7, 11) is 3.39. The Morgan fingerprint density at radius 2 is 2.09 bits per heavy atom. The Labute approximate surface area is 190 Å². The lowest BCUT2D eigenvalue weighted by Crippen LogP contribution is -2.38. The van der Waals surface area contributed by atoms with Gasteiger partial charge in [0.25, 0.3) is 5.91 Å². The molecule has 1 saturated heterocycles. The Morgan fingerprint density at radius 3 is 2.84 bits per heavy atom. The third-order valence-corrected chi connectivity index (χ3v) is 5.46. The third-order valence-electron chi connectivity index (χ3n) is 5.46. The maximum atomic E-state index is 11.8. The summed E-state index contributed by atoms with van der Waals surface area (Å²) >= 11 is 0. The molecule has 1 unspecified atom stereocenters. The molecule has 2 aromatic carbocycles. The van der Waals surface area contributed by atoms with Crippen LogP contribution in [0, 0.1) is 6.92 Å². The number of benzene rings is 2. The van der Waals surface area contributed by atoms with E-state index in [1.165, 1.54) is 0 Å². The number of nitrogens with zero attached hydrogens (tertiary/aromatic N) is 1. The van der Waals surface area contributed by atoms with Crippen molar-refractivity contribution in [3.63, 3.8) is 0 Å². The number of aryl methyl sites for hydroxylation is 1. The second kappa shape index (κ2) is 12.1. The molecule has 1 fully saturated rings. The van der Waals surface area contributed by atoms with Gasteiger partial charge in [-0.15, -0.1) is 0 Å². The molecular weight excluding hydrogens is 404 g/mol. The van der Waals surface area contributed by atoms with Gasteiger partial charge in [-0.25, -0.2) is 0 Å². The maximum Gasteiger partial charge on any atom is 0.251 e. The third kappa shape index (κ3) is 6.99. The normalized spacial score (nSPS) is 16.0. The number of amides is 1. The highest BCUT2D eigenvalue weighted by Crippen LogP contribution is 2.22. The van der Waals surface area contributed by atoms with Gasteiger partial charge < -0.3 is 25.4 Å². The minimum atomic E-state index is -0.0760. The fourth-order valence-corrected chi connectivity index (χ4v) is 3.64. The number of carbonyl (C=O) groups is 1. The molecule has 1 aliphatic heterocycles. The molecule has 0 saturated carbocycles. The number of hydrogen-bond donors (Lipinski definition) is 3. The molecule has 3 N–H and O–H groups in total. The summed E-state index contributed by atoms with van der Waals surface area (Å²) in [6.45, 7) is 4.78. The smallest absolute Gasteiger partial charge is 0.251 e. The van der Waals surface area contributed by atoms with Gasteiger partial charge in [0.1, 0.15) is 12.4 Å². The quantitative estimate of drug-likeness (QED) is 0.414. The van der Waals surface area contributed by atoms with Crippen LogP contribution in [0.3, 0.4) is 0 Å². The van der Waals surface area contributed by atoms with Crippen molar-refractivity contribution in [2.75, 3.05) is 33.9 Å². The van der Waals surface area contributed by atoms with Crippen molar-refractivity contribution in [3.05, 3.63) is 64.7 Å². The van der Waals surface area contributed by atoms with Crippen LogP contribution >= 0.6 is 0 Å². The van der Waals surface area contributed by atoms with Crippen LogP contribution in [0.15, 0.2) is 47.5 Å². The number of rotatable bonds is 9. The molecular formula is C25H34N4O3. The van der Waals surface area contributed by atoms with E-state index in [1.54, 1.807) is 14.1 Å². The molecule has 0 aromatic heterocycles. The Kier molecular flexibility index (Phi) is 8.92. The summed E-state index contributed by atoms with van der Waals surface area (Å²) in [5, 5.41) is 9.35. The maximum absolute atomic E-state index is 11.8. The molecule has 0 spiro atoms. The summed E-state index contributed by atoms with van der Waals surface area (Å²) in [6.07, 6.45) is 3.13. The zero-order valence-corrected chi connectivity index (χ0v) is 19.2. The zero-order valence-electron chi connectivity index (χ0n) is 19.2. The largest absolute Gasteiger partial charge is 0.491 e. The zero-order chi connectivity index (χ0) is 22.8. The van der Waals surface area contributed by atoms with Crippen molar-refractivity contribution in [1.82, 2.24) is 16.0 Å². The van der Waals surface area contributed by atoms with Gasteiger partial charge in [0, 0.05) is 44.9 Å². The molecule has 1 amide bonds. The average Bonchev–Trinajstić information content (AvgIpc) is 3.34. The Hall–Kier alpha value is -3.06. The molecule has 172 valence electrons. The van der Waals surface area contributed by atoms with E-state index in [1.807, 2.05) is 24.3 Å². The number of nitrogens with one attached hydrogen (secondary N) is 3. The SMILES string of the molecule is CN=C(NCCc1cccc(C(=O)NC)c1)NCc1ccc(C)cc1OCC1CCCO1. The molecule has 1 atom stereocenters. The van der Waals surface area contributed by atoms with Gasteiger partial charge in [-0.3, -0.25) is 9.79 Å². The number of guanidine groups is 1. The minimum absolute atomic E-state index is 0.0760. The van der Waals surface area contributed by atoms with E-state index in [-0.39, 0.29) is 12.0 Å². The topological polar surface area (TPSA) is 84.0 Å². The van der Waals surface area contributed by atoms with Crippen LogP contribution in [-0.2, 0) is 17.7 Å². The van der Waals surface area contributed by atoms with Gasteiger partial charge in [-0.2, -0.15) is 0 Å². The first kappa shape index (κ1) is 23.6. The van der Waals surface area contributed by atoms with Gasteiger partial charge in [-0.1, -0.05) is 24.3 Å². The second-order valence-electron chi connectivity index (χ2n) is 7.94. The molecule has 2 aromatic rings. The Balaban J connectivity index is 1.50. The van der Waals surface area contributed by atoms with Crippen molar-refractivity contribution in [3.8, 4) is 5.75 Å². The molecule has 3 rings (SSSR count). The Bertz CT molecular complexity index is 923. The van der Waals surface area contributed by atoms with Crippen molar-refractivity contribution in [2.45, 2.75) is 38.8 Å². The van der Waals surface area contributed by atoms with E-state index in [0.29, 0.717) is 25.3 Å². The molecule has 7 nitrogen and oxygen atoms in total. The number of ether oxygens (including phenoxy) is 2. The lowest BCUT2D eigenvalue weighted by atomic mass is 10.1. The van der Waals surface area contributed by atoms with Crippen LogP contribution in [0.25, 0.3) is 0 Å². The van der Waals surface area contributed by atoms with Crippen molar-refractivity contribution >= 4 is 11.9 Å². The lowest BCUT2D eigenvalue weighted by Gasteiger charge is -2.17. The molecule has 1 heterocycles. The van der Waals surface area contributed by atoms with Crippen LogP contribution in [0.2, 0.25) is 0 Å². The number of carbonyl (C=O) groups excluding carboxylic acids is 1. The van der Waals surface area contributed by atoms with Gasteiger partial charge in [0.2, 0.25) is 0 Å². The van der Waals surface area contributed by atoms with Crippen LogP contribution in [-0.4, -0.2) is 51.8 Å². The first-order chi connectivity index (χ1) is 15.6. The van der Waals surface area contributed by atoms with E-state index < -0.39 is 0 Å². The highest BCUT2D eigenvalue weighted by atomic mass is 16.5. The summed E-state index contributed by atoms with van der Waals surface area (Å²) in [5.41, 5.74) is 4.01. The second-order valence-corrected chi connectivity index (χ2v) is 7.94. The number of aliphatic imine (C=N–C) groups is 1. The standard InChI is InChI=1S/C25H34N4O3/c1-18-9-10-21(23(14-18)32-17-22-8-5-13-31-22)16-29-25(27-3)28-12-11-19-6-4-7-20(15-19)24(30)26-2/h4,6-7,9-10,14-15,22H,5,8,11-13,16-17H2,1-3H3,(H,26,30)(H2,27,28,29). The van der Waals surface area contributed by atoms with Crippen molar-refractivity contribution in [2.24, 2.45) is 4.99 Å². The van der Waals surface area contributed by atoms with E-state index in [0.717, 1.165) is 54.3 Å². The van der Waals surface area contributed by atoms with Crippen LogP contribution in [0.4, 0.5) is 0 Å². The fourth-order valence-electron chi connectivity index (χ4n) is 3.64. The molecule has 0 aliphatic carbocycles. The molecule has 7 heteroatoms. The van der Waals surface area contributed by atoms with Crippen LogP contribution in [0.5, 0.6) is 5.75 Å².